The standard InChI is InChI=1S/C23H27ClN2O7S2/c1-2-32-19(27)13-18-21(24)34-23(25-18)26-22(28)20(33-15-9-11-31-12-10-15)14-3-5-16(6-4-14)35(29,30)17-7-8-17/h3-6,15,17,20H,2,7-13H2,1H3,(H,25,26,28). The smallest absolute Gasteiger partial charge is 0.311 e. The average molecular weight is 543 g/mol. The molecule has 2 aliphatic rings. The topological polar surface area (TPSA) is 121 Å². The second kappa shape index (κ2) is 11.3. The predicted octanol–water partition coefficient (Wildman–Crippen LogP) is 3.71. The van der Waals surface area contributed by atoms with E-state index in [0.29, 0.717) is 50.2 Å². The third-order valence-corrected chi connectivity index (χ3v) is 9.24. The maximum atomic E-state index is 13.3. The molecule has 1 aliphatic heterocycles. The second-order valence-corrected chi connectivity index (χ2v) is 12.2. The average Bonchev–Trinajstić information content (AvgIpc) is 3.64. The highest BCUT2D eigenvalue weighted by atomic mass is 35.5. The van der Waals surface area contributed by atoms with Crippen molar-refractivity contribution in [3.8, 4) is 0 Å². The summed E-state index contributed by atoms with van der Waals surface area (Å²) in [6.45, 7) is 3.03. The van der Waals surface area contributed by atoms with E-state index in [4.69, 9.17) is 25.8 Å². The lowest BCUT2D eigenvalue weighted by Crippen LogP contribution is -2.31. The van der Waals surface area contributed by atoms with Crippen LogP contribution in [0.15, 0.2) is 29.2 Å². The van der Waals surface area contributed by atoms with Crippen LogP contribution >= 0.6 is 22.9 Å². The van der Waals surface area contributed by atoms with Crippen LogP contribution in [0, 0.1) is 0 Å². The molecule has 2 heterocycles. The number of rotatable bonds is 10. The number of halogens is 1. The van der Waals surface area contributed by atoms with Crippen molar-refractivity contribution < 1.29 is 32.2 Å². The number of sulfone groups is 1. The molecule has 2 aromatic rings. The summed E-state index contributed by atoms with van der Waals surface area (Å²) >= 11 is 7.25. The van der Waals surface area contributed by atoms with Crippen LogP contribution in [0.1, 0.15) is 50.0 Å². The van der Waals surface area contributed by atoms with Crippen LogP contribution in [0.3, 0.4) is 0 Å². The van der Waals surface area contributed by atoms with Crippen molar-refractivity contribution in [1.29, 1.82) is 0 Å². The van der Waals surface area contributed by atoms with Crippen molar-refractivity contribution in [2.75, 3.05) is 25.1 Å². The van der Waals surface area contributed by atoms with Gasteiger partial charge in [0.25, 0.3) is 5.91 Å². The van der Waals surface area contributed by atoms with Crippen LogP contribution in [-0.4, -0.2) is 56.5 Å². The van der Waals surface area contributed by atoms with Crippen LogP contribution in [0.25, 0.3) is 0 Å². The number of carbonyl (C=O) groups excluding carboxylic acids is 2. The van der Waals surface area contributed by atoms with E-state index in [1.54, 1.807) is 19.1 Å². The minimum Gasteiger partial charge on any atom is -0.466 e. The van der Waals surface area contributed by atoms with Gasteiger partial charge in [0.1, 0.15) is 4.34 Å². The number of hydrogen-bond acceptors (Lipinski definition) is 9. The number of ether oxygens (including phenoxy) is 3. The third-order valence-electron chi connectivity index (χ3n) is 5.71. The molecule has 1 atom stereocenters. The van der Waals surface area contributed by atoms with Crippen molar-refractivity contribution in [3.63, 3.8) is 0 Å². The van der Waals surface area contributed by atoms with Gasteiger partial charge in [0.15, 0.2) is 21.1 Å². The molecule has 4 rings (SSSR count). The molecular weight excluding hydrogens is 516 g/mol. The molecule has 0 radical (unpaired) electrons. The molecule has 0 spiro atoms. The fourth-order valence-electron chi connectivity index (χ4n) is 3.71. The molecule has 2 fully saturated rings. The van der Waals surface area contributed by atoms with Gasteiger partial charge in [0, 0.05) is 13.2 Å². The van der Waals surface area contributed by atoms with Crippen molar-refractivity contribution in [3.05, 3.63) is 39.9 Å². The number of hydrogen-bond donors (Lipinski definition) is 1. The van der Waals surface area contributed by atoms with Gasteiger partial charge in [-0.1, -0.05) is 35.1 Å². The second-order valence-electron chi connectivity index (χ2n) is 8.35. The summed E-state index contributed by atoms with van der Waals surface area (Å²) in [7, 11) is -3.34. The molecule has 190 valence electrons. The Hall–Kier alpha value is -2.05. The van der Waals surface area contributed by atoms with Gasteiger partial charge in [-0.2, -0.15) is 0 Å². The molecule has 1 N–H and O–H groups in total. The van der Waals surface area contributed by atoms with Crippen molar-refractivity contribution in [2.24, 2.45) is 0 Å². The molecule has 9 nitrogen and oxygen atoms in total. The molecule has 1 saturated heterocycles. The largest absolute Gasteiger partial charge is 0.466 e. The number of benzene rings is 1. The van der Waals surface area contributed by atoms with Gasteiger partial charge in [0.05, 0.1) is 35.0 Å². The van der Waals surface area contributed by atoms with Crippen LogP contribution in [-0.2, 0) is 40.1 Å². The maximum Gasteiger partial charge on any atom is 0.311 e. The van der Waals surface area contributed by atoms with E-state index >= 15 is 0 Å². The van der Waals surface area contributed by atoms with E-state index in [1.807, 2.05) is 0 Å². The van der Waals surface area contributed by atoms with Gasteiger partial charge >= 0.3 is 5.97 Å². The number of esters is 1. The van der Waals surface area contributed by atoms with E-state index < -0.39 is 27.8 Å². The van der Waals surface area contributed by atoms with Crippen LogP contribution in [0.4, 0.5) is 5.13 Å². The molecule has 1 saturated carbocycles. The SMILES string of the molecule is CCOC(=O)Cc1nc(NC(=O)C(OC2CCOCC2)c2ccc(S(=O)(=O)C3CC3)cc2)sc1Cl. The summed E-state index contributed by atoms with van der Waals surface area (Å²) in [4.78, 5) is 29.6. The summed E-state index contributed by atoms with van der Waals surface area (Å²) in [5.74, 6) is -0.929. The Kier molecular flexibility index (Phi) is 8.43. The molecule has 1 aromatic carbocycles. The number of anilines is 1. The fraction of sp³-hybridized carbons (Fsp3) is 0.522. The van der Waals surface area contributed by atoms with Crippen LogP contribution < -0.4 is 5.32 Å². The highest BCUT2D eigenvalue weighted by Gasteiger charge is 2.37. The summed E-state index contributed by atoms with van der Waals surface area (Å²) in [5.41, 5.74) is 0.847. The third kappa shape index (κ3) is 6.59. The van der Waals surface area contributed by atoms with E-state index in [2.05, 4.69) is 10.3 Å². The minimum absolute atomic E-state index is 0.0992. The molecule has 12 heteroatoms. The summed E-state index contributed by atoms with van der Waals surface area (Å²) in [6.07, 6.45) is 1.36. The number of nitrogens with zero attached hydrogens (tertiary/aromatic N) is 1. The Bertz CT molecular complexity index is 1160. The number of thiazole rings is 1. The Labute approximate surface area is 213 Å². The van der Waals surface area contributed by atoms with Gasteiger partial charge in [-0.3, -0.25) is 14.9 Å². The normalized spacial score (nSPS) is 17.7. The quantitative estimate of drug-likeness (QED) is 0.451. The highest BCUT2D eigenvalue weighted by molar-refractivity contribution is 7.92. The maximum absolute atomic E-state index is 13.3. The molecule has 35 heavy (non-hydrogen) atoms. The lowest BCUT2D eigenvalue weighted by Gasteiger charge is -2.27. The molecular formula is C23H27ClN2O7S2. The van der Waals surface area contributed by atoms with Gasteiger partial charge in [-0.25, -0.2) is 13.4 Å². The van der Waals surface area contributed by atoms with Crippen LogP contribution in [0.5, 0.6) is 0 Å². The Balaban J connectivity index is 1.52. The Morgan fingerprint density at radius 2 is 1.89 bits per heavy atom. The molecule has 1 amide bonds. The van der Waals surface area contributed by atoms with E-state index in [9.17, 15) is 18.0 Å². The Morgan fingerprint density at radius 1 is 1.20 bits per heavy atom. The zero-order valence-electron chi connectivity index (χ0n) is 19.2. The summed E-state index contributed by atoms with van der Waals surface area (Å²) in [6, 6.07) is 6.27. The predicted molar refractivity (Wildman–Crippen MR) is 130 cm³/mol. The first-order valence-corrected chi connectivity index (χ1v) is 14.2. The molecule has 1 unspecified atom stereocenters. The van der Waals surface area contributed by atoms with Gasteiger partial charge in [-0.15, -0.1) is 0 Å². The molecule has 1 aliphatic carbocycles. The number of amides is 1. The van der Waals surface area contributed by atoms with Gasteiger partial charge in [-0.05, 0) is 50.3 Å². The van der Waals surface area contributed by atoms with Gasteiger partial charge < -0.3 is 14.2 Å². The lowest BCUT2D eigenvalue weighted by molar-refractivity contribution is -0.142. The van der Waals surface area contributed by atoms with Gasteiger partial charge in [0.2, 0.25) is 0 Å². The lowest BCUT2D eigenvalue weighted by atomic mass is 10.1. The minimum atomic E-state index is -3.34. The van der Waals surface area contributed by atoms with Crippen molar-refractivity contribution in [2.45, 2.75) is 61.4 Å². The zero-order chi connectivity index (χ0) is 25.0. The first-order chi connectivity index (χ1) is 16.8. The Morgan fingerprint density at radius 3 is 2.51 bits per heavy atom. The highest BCUT2D eigenvalue weighted by Crippen LogP contribution is 2.35. The number of aromatic nitrogens is 1. The fourth-order valence-corrected chi connectivity index (χ4v) is 6.41. The van der Waals surface area contributed by atoms with Crippen molar-refractivity contribution in [1.82, 2.24) is 4.98 Å². The number of nitrogens with one attached hydrogen (secondary N) is 1. The zero-order valence-corrected chi connectivity index (χ0v) is 21.6. The summed E-state index contributed by atoms with van der Waals surface area (Å²) in [5, 5.41) is 2.64. The first-order valence-electron chi connectivity index (χ1n) is 11.5. The molecule has 1 aromatic heterocycles. The number of carbonyl (C=O) groups is 2. The van der Waals surface area contributed by atoms with E-state index in [-0.39, 0.29) is 38.7 Å². The first kappa shape index (κ1) is 26.0. The van der Waals surface area contributed by atoms with E-state index in [1.165, 1.54) is 12.1 Å². The van der Waals surface area contributed by atoms with Crippen LogP contribution in [0.2, 0.25) is 4.34 Å². The monoisotopic (exact) mass is 542 g/mol. The van der Waals surface area contributed by atoms with Crippen molar-refractivity contribution >= 4 is 49.8 Å². The van der Waals surface area contributed by atoms with E-state index in [0.717, 1.165) is 11.3 Å². The summed E-state index contributed by atoms with van der Waals surface area (Å²) < 4.78 is 41.8. The molecule has 0 bridgehead atoms.